The minimum atomic E-state index is -0.899. The van der Waals surface area contributed by atoms with E-state index in [2.05, 4.69) is 16.9 Å². The number of rotatable bonds is 3. The Labute approximate surface area is 136 Å². The monoisotopic (exact) mass is 331 g/mol. The molecule has 19 heavy (non-hydrogen) atoms. The van der Waals surface area contributed by atoms with E-state index >= 15 is 0 Å². The molecule has 2 aromatic rings. The van der Waals surface area contributed by atoms with E-state index in [9.17, 15) is 9.59 Å². The zero-order valence-electron chi connectivity index (χ0n) is 9.95. The molecule has 0 unspecified atom stereocenters. The molecule has 0 heterocycles. The van der Waals surface area contributed by atoms with Crippen LogP contribution in [0.25, 0.3) is 0 Å². The number of hydrogen-bond acceptors (Lipinski definition) is 3. The van der Waals surface area contributed by atoms with Gasteiger partial charge >= 0.3 is 5.97 Å². The van der Waals surface area contributed by atoms with Crippen molar-refractivity contribution >= 4 is 12.4 Å². The summed E-state index contributed by atoms with van der Waals surface area (Å²) < 4.78 is 4.51. The number of carbonyl (C=O) groups excluding carboxylic acids is 1. The van der Waals surface area contributed by atoms with Crippen LogP contribution in [0.15, 0.2) is 48.5 Å². The first-order valence-electron chi connectivity index (χ1n) is 5.00. The van der Waals surface area contributed by atoms with Gasteiger partial charge in [-0.3, -0.25) is 4.79 Å². The minimum absolute atomic E-state index is 0. The third-order valence-electron chi connectivity index (χ3n) is 1.84. The van der Waals surface area contributed by atoms with Crippen LogP contribution in [-0.2, 0) is 37.5 Å². The van der Waals surface area contributed by atoms with Crippen LogP contribution < -0.4 is 4.74 Å². The van der Waals surface area contributed by atoms with Gasteiger partial charge in [0.15, 0.2) is 0 Å². The molecule has 0 saturated carbocycles. The molecule has 5 heteroatoms. The molecule has 2 aromatic carbocycles. The van der Waals surface area contributed by atoms with Crippen LogP contribution in [0.4, 0.5) is 0 Å². The van der Waals surface area contributed by atoms with Crippen molar-refractivity contribution in [2.75, 3.05) is 0 Å². The summed E-state index contributed by atoms with van der Waals surface area (Å²) in [5, 5.41) is 8.37. The summed E-state index contributed by atoms with van der Waals surface area (Å²) in [7, 11) is 0. The molecule has 4 nitrogen and oxygen atoms in total. The molecule has 0 amide bonds. The summed E-state index contributed by atoms with van der Waals surface area (Å²) in [5.41, 5.74) is 0.300. The Bertz CT molecular complexity index is 485. The second-order valence-corrected chi connectivity index (χ2v) is 3.04. The largest absolute Gasteiger partial charge is 0.479 e. The molecule has 0 atom stereocenters. The molecule has 1 N–H and O–H groups in total. The summed E-state index contributed by atoms with van der Waals surface area (Å²) in [4.78, 5) is 19.9. The molecule has 0 spiro atoms. The molecule has 95 valence electrons. The molecule has 0 saturated heterocycles. The van der Waals surface area contributed by atoms with E-state index in [0.717, 1.165) is 0 Å². The van der Waals surface area contributed by atoms with E-state index in [1.165, 1.54) is 12.1 Å². The van der Waals surface area contributed by atoms with Crippen molar-refractivity contribution in [3.63, 3.8) is 0 Å². The second kappa shape index (κ2) is 10.4. The Kier molecular flexibility index (Phi) is 9.58. The molecule has 2 rings (SSSR count). The van der Waals surface area contributed by atoms with Crippen molar-refractivity contribution in [3.8, 4) is 5.75 Å². The van der Waals surface area contributed by atoms with Crippen LogP contribution in [0.5, 0.6) is 5.75 Å². The van der Waals surface area contributed by atoms with Crippen LogP contribution >= 0.6 is 0 Å². The number of benzene rings is 2. The fourth-order valence-electron chi connectivity index (χ4n) is 1.04. The first-order valence-corrected chi connectivity index (χ1v) is 5.00. The zero-order valence-corrected chi connectivity index (χ0v) is 12.8. The summed E-state index contributed by atoms with van der Waals surface area (Å²) in [6.45, 7) is 0.398. The van der Waals surface area contributed by atoms with Gasteiger partial charge in [-0.05, 0) is 5.56 Å². The molecule has 0 fully saturated rings. The predicted molar refractivity (Wildman–Crippen MR) is 64.2 cm³/mol. The molecule has 1 radical (unpaired) electrons. The Balaban J connectivity index is 0.000000324. The number of hydrogen-bond donors (Lipinski definition) is 1. The summed E-state index contributed by atoms with van der Waals surface area (Å²) in [6.07, 6.45) is 0. The number of carboxylic acids is 1. The molecular formula is C14H10O4Y-2. The second-order valence-electron chi connectivity index (χ2n) is 3.04. The Morgan fingerprint density at radius 2 is 1.53 bits per heavy atom. The Morgan fingerprint density at radius 1 is 1.05 bits per heavy atom. The van der Waals surface area contributed by atoms with Gasteiger partial charge < -0.3 is 9.84 Å². The molecule has 0 aliphatic rings. The van der Waals surface area contributed by atoms with Crippen molar-refractivity contribution in [1.82, 2.24) is 0 Å². The fraction of sp³-hybridized carbons (Fsp3) is 0. The van der Waals surface area contributed by atoms with Crippen LogP contribution in [0, 0.1) is 12.1 Å². The molecular weight excluding hydrogens is 321 g/mol. The fourth-order valence-corrected chi connectivity index (χ4v) is 1.04. The van der Waals surface area contributed by atoms with Gasteiger partial charge in [0.25, 0.3) is 6.47 Å². The van der Waals surface area contributed by atoms with Gasteiger partial charge in [-0.1, -0.05) is 0 Å². The van der Waals surface area contributed by atoms with E-state index in [4.69, 9.17) is 5.11 Å². The molecule has 0 bridgehead atoms. The first kappa shape index (κ1) is 17.5. The van der Waals surface area contributed by atoms with Crippen LogP contribution in [0.2, 0.25) is 0 Å². The van der Waals surface area contributed by atoms with Gasteiger partial charge in [0.05, 0.1) is 0 Å². The normalized spacial score (nSPS) is 8.21. The van der Waals surface area contributed by atoms with E-state index in [1.807, 2.05) is 0 Å². The van der Waals surface area contributed by atoms with Crippen molar-refractivity contribution < 1.29 is 52.1 Å². The first-order chi connectivity index (χ1) is 8.74. The van der Waals surface area contributed by atoms with Crippen molar-refractivity contribution in [2.45, 2.75) is 0 Å². The standard InChI is InChI=1S/2C7H5O2.Y/c8-6-9-7-4-2-1-3-5-7;8-7(9)6-4-2-1-3-5-6;/h2-6H;2-5H,(H,8,9);/q2*-1;. The quantitative estimate of drug-likeness (QED) is 0.692. The van der Waals surface area contributed by atoms with Crippen molar-refractivity contribution in [2.24, 2.45) is 0 Å². The predicted octanol–water partition coefficient (Wildman–Crippen LogP) is 2.20. The summed E-state index contributed by atoms with van der Waals surface area (Å²) in [5.74, 6) is -0.354. The number of carbonyl (C=O) groups is 2. The zero-order chi connectivity index (χ0) is 13.2. The van der Waals surface area contributed by atoms with Crippen molar-refractivity contribution in [1.29, 1.82) is 0 Å². The minimum Gasteiger partial charge on any atom is -0.479 e. The summed E-state index contributed by atoms with van der Waals surface area (Å²) in [6, 6.07) is 18.4. The summed E-state index contributed by atoms with van der Waals surface area (Å²) >= 11 is 0. The average Bonchev–Trinajstić information content (AvgIpc) is 2.42. The van der Waals surface area contributed by atoms with Gasteiger partial charge in [-0.2, -0.15) is 48.5 Å². The van der Waals surface area contributed by atoms with Gasteiger partial charge in [0.1, 0.15) is 0 Å². The molecule has 0 aromatic heterocycles. The number of ether oxygens (including phenoxy) is 1. The van der Waals surface area contributed by atoms with E-state index in [1.54, 1.807) is 36.4 Å². The smallest absolute Gasteiger partial charge is 0.311 e. The Hall–Kier alpha value is -1.52. The van der Waals surface area contributed by atoms with E-state index in [0.29, 0.717) is 17.8 Å². The average molecular weight is 331 g/mol. The van der Waals surface area contributed by atoms with Gasteiger partial charge in [0, 0.05) is 38.5 Å². The molecule has 0 aliphatic carbocycles. The maximum atomic E-state index is 10.2. The van der Waals surface area contributed by atoms with Gasteiger partial charge in [-0.25, -0.2) is 4.79 Å². The van der Waals surface area contributed by atoms with E-state index in [-0.39, 0.29) is 32.7 Å². The number of aromatic carboxylic acids is 1. The SMILES string of the molecule is O=C(O)c1cc[c-]cc1.O=COc1cc[c-]cc1.[Y]. The van der Waals surface area contributed by atoms with Gasteiger partial charge in [0.2, 0.25) is 0 Å². The topological polar surface area (TPSA) is 63.6 Å². The van der Waals surface area contributed by atoms with E-state index < -0.39 is 5.97 Å². The Morgan fingerprint density at radius 3 is 1.89 bits per heavy atom. The van der Waals surface area contributed by atoms with Crippen LogP contribution in [-0.4, -0.2) is 17.5 Å². The van der Waals surface area contributed by atoms with Crippen LogP contribution in [0.1, 0.15) is 10.4 Å². The van der Waals surface area contributed by atoms with Crippen LogP contribution in [0.3, 0.4) is 0 Å². The van der Waals surface area contributed by atoms with Gasteiger partial charge in [-0.15, -0.1) is 12.1 Å². The maximum Gasteiger partial charge on any atom is 0.311 e. The third kappa shape index (κ3) is 7.49. The third-order valence-corrected chi connectivity index (χ3v) is 1.84. The number of carboxylic acid groups (broad SMARTS) is 1. The van der Waals surface area contributed by atoms with Crippen molar-refractivity contribution in [3.05, 3.63) is 66.2 Å². The maximum absolute atomic E-state index is 10.2. The molecule has 0 aliphatic heterocycles.